The molecular weight excluding hydrogens is 336 g/mol. The predicted octanol–water partition coefficient (Wildman–Crippen LogP) is 2.66. The fraction of sp³-hybridized carbons (Fsp3) is 0.389. The zero-order valence-electron chi connectivity index (χ0n) is 15.3. The molecule has 2 aromatic rings. The summed E-state index contributed by atoms with van der Waals surface area (Å²) in [5, 5.41) is 2.56. The van der Waals surface area contributed by atoms with Crippen LogP contribution in [0.1, 0.15) is 18.2 Å². The first kappa shape index (κ1) is 19.1. The Morgan fingerprint density at radius 2 is 1.76 bits per heavy atom. The van der Waals surface area contributed by atoms with Crippen molar-refractivity contribution in [1.82, 2.24) is 14.8 Å². The quantitative estimate of drug-likeness (QED) is 0.795. The molecule has 0 saturated carbocycles. The third-order valence-electron chi connectivity index (χ3n) is 3.67. The minimum atomic E-state index is -0.0825. The van der Waals surface area contributed by atoms with Crippen LogP contribution in [0.4, 0.5) is 10.8 Å². The molecule has 2 rings (SSSR count). The Hall–Kier alpha value is -2.25. The summed E-state index contributed by atoms with van der Waals surface area (Å²) >= 11 is 1.42. The van der Waals surface area contributed by atoms with E-state index in [1.807, 2.05) is 48.5 Å². The van der Waals surface area contributed by atoms with Crippen LogP contribution in [0.3, 0.4) is 0 Å². The summed E-state index contributed by atoms with van der Waals surface area (Å²) in [4.78, 5) is 33.6. The first-order valence-electron chi connectivity index (χ1n) is 7.98. The summed E-state index contributed by atoms with van der Waals surface area (Å²) in [6.07, 6.45) is 0. The lowest BCUT2D eigenvalue weighted by Crippen LogP contribution is -2.34. The normalized spacial score (nSPS) is 10.8. The van der Waals surface area contributed by atoms with Gasteiger partial charge in [-0.3, -0.25) is 19.4 Å². The second-order valence-corrected chi connectivity index (χ2v) is 7.11. The zero-order chi connectivity index (χ0) is 18.6. The van der Waals surface area contributed by atoms with Gasteiger partial charge in [0.2, 0.25) is 11.8 Å². The third kappa shape index (κ3) is 5.11. The van der Waals surface area contributed by atoms with Crippen molar-refractivity contribution in [2.24, 2.45) is 0 Å². The van der Waals surface area contributed by atoms with Gasteiger partial charge < -0.3 is 4.90 Å². The van der Waals surface area contributed by atoms with Gasteiger partial charge in [-0.05, 0) is 26.1 Å². The lowest BCUT2D eigenvalue weighted by molar-refractivity contribution is -0.129. The minimum Gasteiger partial charge on any atom is -0.348 e. The van der Waals surface area contributed by atoms with E-state index in [1.165, 1.54) is 18.3 Å². The SMILES string of the molecule is CC(=O)N(c1ccc(C)cc1)c1nc(CN(C)CC(=O)N(C)C)cs1. The van der Waals surface area contributed by atoms with Crippen LogP contribution in [0, 0.1) is 6.92 Å². The zero-order valence-corrected chi connectivity index (χ0v) is 16.1. The molecule has 25 heavy (non-hydrogen) atoms. The van der Waals surface area contributed by atoms with Crippen LogP contribution < -0.4 is 4.90 Å². The maximum atomic E-state index is 12.1. The highest BCUT2D eigenvalue weighted by Crippen LogP contribution is 2.29. The van der Waals surface area contributed by atoms with Gasteiger partial charge in [0.1, 0.15) is 0 Å². The van der Waals surface area contributed by atoms with Crippen LogP contribution in [0.2, 0.25) is 0 Å². The summed E-state index contributed by atoms with van der Waals surface area (Å²) in [6, 6.07) is 7.78. The van der Waals surface area contributed by atoms with Gasteiger partial charge in [0.15, 0.2) is 5.13 Å². The average Bonchev–Trinajstić information content (AvgIpc) is 2.96. The molecule has 0 radical (unpaired) electrons. The van der Waals surface area contributed by atoms with E-state index in [-0.39, 0.29) is 11.8 Å². The molecule has 1 aromatic carbocycles. The third-order valence-corrected chi connectivity index (χ3v) is 4.55. The highest BCUT2D eigenvalue weighted by Gasteiger charge is 2.18. The van der Waals surface area contributed by atoms with E-state index in [1.54, 1.807) is 23.9 Å². The second kappa shape index (κ2) is 8.22. The van der Waals surface area contributed by atoms with Crippen molar-refractivity contribution in [3.63, 3.8) is 0 Å². The topological polar surface area (TPSA) is 56.8 Å². The predicted molar refractivity (Wildman–Crippen MR) is 101 cm³/mol. The number of hydrogen-bond acceptors (Lipinski definition) is 5. The van der Waals surface area contributed by atoms with E-state index >= 15 is 0 Å². The molecule has 0 saturated heterocycles. The molecule has 0 unspecified atom stereocenters. The highest BCUT2D eigenvalue weighted by molar-refractivity contribution is 7.14. The van der Waals surface area contributed by atoms with E-state index in [9.17, 15) is 9.59 Å². The molecule has 0 fully saturated rings. The molecule has 0 bridgehead atoms. The van der Waals surface area contributed by atoms with E-state index in [0.717, 1.165) is 16.9 Å². The number of thiazole rings is 1. The Labute approximate surface area is 152 Å². The van der Waals surface area contributed by atoms with Crippen molar-refractivity contribution in [3.05, 3.63) is 40.9 Å². The number of carbonyl (C=O) groups is 2. The Morgan fingerprint density at radius 3 is 2.32 bits per heavy atom. The van der Waals surface area contributed by atoms with Crippen molar-refractivity contribution in [3.8, 4) is 0 Å². The van der Waals surface area contributed by atoms with E-state index in [0.29, 0.717) is 18.2 Å². The standard InChI is InChI=1S/C18H24N4O2S/c1-13-6-8-16(9-7-13)22(14(2)23)18-19-15(12-25-18)10-21(5)11-17(24)20(3)4/h6-9,12H,10-11H2,1-5H3. The molecule has 0 atom stereocenters. The van der Waals surface area contributed by atoms with Crippen molar-refractivity contribution in [2.45, 2.75) is 20.4 Å². The van der Waals surface area contributed by atoms with Crippen molar-refractivity contribution >= 4 is 34.0 Å². The number of nitrogens with zero attached hydrogens (tertiary/aromatic N) is 4. The van der Waals surface area contributed by atoms with Crippen LogP contribution in [-0.4, -0.2) is 54.3 Å². The lowest BCUT2D eigenvalue weighted by atomic mass is 10.2. The molecular formula is C18H24N4O2S. The molecule has 0 N–H and O–H groups in total. The summed E-state index contributed by atoms with van der Waals surface area (Å²) < 4.78 is 0. The summed E-state index contributed by atoms with van der Waals surface area (Å²) in [6.45, 7) is 4.42. The number of likely N-dealkylation sites (N-methyl/N-ethyl adjacent to an activating group) is 2. The van der Waals surface area contributed by atoms with E-state index < -0.39 is 0 Å². The monoisotopic (exact) mass is 360 g/mol. The molecule has 1 aromatic heterocycles. The van der Waals surface area contributed by atoms with Crippen LogP contribution >= 0.6 is 11.3 Å². The number of aryl methyl sites for hydroxylation is 1. The number of anilines is 2. The number of hydrogen-bond donors (Lipinski definition) is 0. The van der Waals surface area contributed by atoms with Gasteiger partial charge in [-0.15, -0.1) is 11.3 Å². The van der Waals surface area contributed by atoms with Gasteiger partial charge in [-0.25, -0.2) is 4.98 Å². The van der Waals surface area contributed by atoms with Gasteiger partial charge in [0.05, 0.1) is 17.9 Å². The van der Waals surface area contributed by atoms with Crippen molar-refractivity contribution < 1.29 is 9.59 Å². The Balaban J connectivity index is 2.13. The van der Waals surface area contributed by atoms with Gasteiger partial charge in [0.25, 0.3) is 0 Å². The van der Waals surface area contributed by atoms with Crippen LogP contribution in [0.25, 0.3) is 0 Å². The molecule has 2 amide bonds. The fourth-order valence-electron chi connectivity index (χ4n) is 2.30. The summed E-state index contributed by atoms with van der Waals surface area (Å²) in [5.41, 5.74) is 2.78. The molecule has 0 aliphatic rings. The molecule has 0 aliphatic heterocycles. The Bertz CT molecular complexity index is 740. The number of rotatable bonds is 6. The lowest BCUT2D eigenvalue weighted by Gasteiger charge is -2.19. The maximum Gasteiger partial charge on any atom is 0.236 e. The van der Waals surface area contributed by atoms with Crippen molar-refractivity contribution in [2.75, 3.05) is 32.6 Å². The number of carbonyl (C=O) groups excluding carboxylic acids is 2. The molecule has 0 aliphatic carbocycles. The largest absolute Gasteiger partial charge is 0.348 e. The van der Waals surface area contributed by atoms with E-state index in [4.69, 9.17) is 0 Å². The minimum absolute atomic E-state index is 0.0444. The molecule has 0 spiro atoms. The van der Waals surface area contributed by atoms with Crippen LogP contribution in [0.15, 0.2) is 29.6 Å². The summed E-state index contributed by atoms with van der Waals surface area (Å²) in [5.74, 6) is -0.0381. The maximum absolute atomic E-state index is 12.1. The molecule has 6 nitrogen and oxygen atoms in total. The number of aromatic nitrogens is 1. The van der Waals surface area contributed by atoms with Gasteiger partial charge >= 0.3 is 0 Å². The van der Waals surface area contributed by atoms with Crippen molar-refractivity contribution in [1.29, 1.82) is 0 Å². The second-order valence-electron chi connectivity index (χ2n) is 6.27. The van der Waals surface area contributed by atoms with Gasteiger partial charge in [-0.2, -0.15) is 0 Å². The number of benzene rings is 1. The molecule has 7 heteroatoms. The number of amides is 2. The smallest absolute Gasteiger partial charge is 0.236 e. The molecule has 1 heterocycles. The van der Waals surface area contributed by atoms with E-state index in [2.05, 4.69) is 4.98 Å². The average molecular weight is 360 g/mol. The van der Waals surface area contributed by atoms with Crippen LogP contribution in [0.5, 0.6) is 0 Å². The Kier molecular flexibility index (Phi) is 6.27. The first-order chi connectivity index (χ1) is 11.8. The first-order valence-corrected chi connectivity index (χ1v) is 8.86. The fourth-order valence-corrected chi connectivity index (χ4v) is 3.18. The van der Waals surface area contributed by atoms with Crippen LogP contribution in [-0.2, 0) is 16.1 Å². The molecule has 134 valence electrons. The highest BCUT2D eigenvalue weighted by atomic mass is 32.1. The summed E-state index contributed by atoms with van der Waals surface area (Å²) in [7, 11) is 5.36. The Morgan fingerprint density at radius 1 is 1.12 bits per heavy atom. The van der Waals surface area contributed by atoms with Gasteiger partial charge in [-0.1, -0.05) is 17.7 Å². The van der Waals surface area contributed by atoms with Gasteiger partial charge in [0, 0.05) is 32.9 Å².